The highest BCUT2D eigenvalue weighted by atomic mass is 32.1. The van der Waals surface area contributed by atoms with Gasteiger partial charge in [-0.25, -0.2) is 0 Å². The van der Waals surface area contributed by atoms with E-state index in [-0.39, 0.29) is 0 Å². The third-order valence-electron chi connectivity index (χ3n) is 6.15. The number of allylic oxidation sites excluding steroid dienone is 3. The van der Waals surface area contributed by atoms with Crippen LogP contribution < -0.4 is 0 Å². The van der Waals surface area contributed by atoms with E-state index in [2.05, 4.69) is 72.0 Å². The van der Waals surface area contributed by atoms with Gasteiger partial charge in [-0.05, 0) is 87.6 Å². The summed E-state index contributed by atoms with van der Waals surface area (Å²) in [6.07, 6.45) is 7.35. The standard InChI is InChI=1S/C28H36S.C2H6/c1-8-12-23(18(2)3)26(19(4)5)28(22-14-11-13-20(6)17-22)27-21(7)29-25-16-10-9-15-24(25)27;1-2/h11,13-14,17,23H,2,4,8-10,12,15-16H2,1,3,5-7H3;1-2H3/b28-26+;. The van der Waals surface area contributed by atoms with Crippen molar-refractivity contribution >= 4 is 16.9 Å². The highest BCUT2D eigenvalue weighted by molar-refractivity contribution is 7.12. The molecule has 1 aliphatic rings. The molecule has 2 aromatic rings. The quantitative estimate of drug-likeness (QED) is 0.300. The maximum Gasteiger partial charge on any atom is 0.00987 e. The Morgan fingerprint density at radius 1 is 1.06 bits per heavy atom. The molecule has 0 N–H and O–H groups in total. The molecule has 0 saturated carbocycles. The molecule has 1 atom stereocenters. The molecular formula is C30H42S. The monoisotopic (exact) mass is 434 g/mol. The zero-order valence-electron chi connectivity index (χ0n) is 21.0. The van der Waals surface area contributed by atoms with E-state index in [1.807, 2.05) is 25.2 Å². The Morgan fingerprint density at radius 3 is 2.32 bits per heavy atom. The molecule has 0 aliphatic heterocycles. The van der Waals surface area contributed by atoms with Gasteiger partial charge in [-0.1, -0.05) is 81.3 Å². The van der Waals surface area contributed by atoms with Gasteiger partial charge in [0.2, 0.25) is 0 Å². The molecular weight excluding hydrogens is 392 g/mol. The fourth-order valence-corrected chi connectivity index (χ4v) is 6.15. The minimum Gasteiger partial charge on any atom is -0.145 e. The van der Waals surface area contributed by atoms with Crippen LogP contribution in [0.4, 0.5) is 0 Å². The molecule has 0 amide bonds. The highest BCUT2D eigenvalue weighted by Gasteiger charge is 2.27. The number of fused-ring (bicyclic) bond motifs is 1. The van der Waals surface area contributed by atoms with Gasteiger partial charge in [0, 0.05) is 15.7 Å². The average Bonchev–Trinajstić information content (AvgIpc) is 3.07. The van der Waals surface area contributed by atoms with E-state index in [1.165, 1.54) is 69.5 Å². The number of benzene rings is 1. The van der Waals surface area contributed by atoms with Crippen LogP contribution in [-0.2, 0) is 12.8 Å². The second-order valence-corrected chi connectivity index (χ2v) is 10.1. The number of hydrogen-bond donors (Lipinski definition) is 0. The summed E-state index contributed by atoms with van der Waals surface area (Å²) in [5.74, 6) is 0.353. The van der Waals surface area contributed by atoms with Gasteiger partial charge in [0.1, 0.15) is 0 Å². The smallest absolute Gasteiger partial charge is 0.00987 e. The molecule has 1 unspecified atom stereocenters. The second kappa shape index (κ2) is 11.7. The molecule has 1 aromatic heterocycles. The Morgan fingerprint density at radius 2 is 1.74 bits per heavy atom. The summed E-state index contributed by atoms with van der Waals surface area (Å²) < 4.78 is 0. The molecule has 168 valence electrons. The van der Waals surface area contributed by atoms with E-state index in [0.717, 1.165) is 12.8 Å². The predicted octanol–water partition coefficient (Wildman–Crippen LogP) is 9.64. The van der Waals surface area contributed by atoms with Gasteiger partial charge in [-0.15, -0.1) is 11.3 Å². The SMILES string of the molecule is C=C(C)/C(=C(/c1cccc(C)c1)c1c(C)sc2c1CCCC2)C(CCC)C(=C)C.CC. The van der Waals surface area contributed by atoms with Gasteiger partial charge in [0.25, 0.3) is 0 Å². The largest absolute Gasteiger partial charge is 0.145 e. The Bertz CT molecular complexity index is 951. The Hall–Kier alpha value is -1.86. The lowest BCUT2D eigenvalue weighted by Gasteiger charge is -2.27. The Kier molecular flexibility index (Phi) is 9.56. The van der Waals surface area contributed by atoms with Crippen molar-refractivity contribution in [3.05, 3.63) is 86.2 Å². The van der Waals surface area contributed by atoms with Crippen LogP contribution >= 0.6 is 11.3 Å². The van der Waals surface area contributed by atoms with Gasteiger partial charge in [-0.2, -0.15) is 0 Å². The number of rotatable bonds is 7. The molecule has 0 bridgehead atoms. The molecule has 0 saturated heterocycles. The van der Waals surface area contributed by atoms with Gasteiger partial charge >= 0.3 is 0 Å². The maximum atomic E-state index is 4.47. The minimum atomic E-state index is 0.353. The highest BCUT2D eigenvalue weighted by Crippen LogP contribution is 2.45. The summed E-state index contributed by atoms with van der Waals surface area (Å²) in [4.78, 5) is 3.07. The zero-order valence-corrected chi connectivity index (χ0v) is 21.8. The lowest BCUT2D eigenvalue weighted by atomic mass is 9.77. The van der Waals surface area contributed by atoms with Crippen LogP contribution in [0.2, 0.25) is 0 Å². The summed E-state index contributed by atoms with van der Waals surface area (Å²) in [6, 6.07) is 9.04. The Labute approximate surface area is 195 Å². The summed E-state index contributed by atoms with van der Waals surface area (Å²) >= 11 is 2.02. The van der Waals surface area contributed by atoms with E-state index in [0.29, 0.717) is 5.92 Å². The van der Waals surface area contributed by atoms with Crippen LogP contribution in [0.3, 0.4) is 0 Å². The van der Waals surface area contributed by atoms with Crippen molar-refractivity contribution in [3.63, 3.8) is 0 Å². The van der Waals surface area contributed by atoms with Crippen molar-refractivity contribution in [2.24, 2.45) is 5.92 Å². The maximum absolute atomic E-state index is 4.47. The van der Waals surface area contributed by atoms with Crippen LogP contribution in [0.5, 0.6) is 0 Å². The fourth-order valence-electron chi connectivity index (χ4n) is 4.88. The molecule has 3 rings (SSSR count). The van der Waals surface area contributed by atoms with Crippen LogP contribution in [-0.4, -0.2) is 0 Å². The van der Waals surface area contributed by atoms with Gasteiger partial charge in [0.15, 0.2) is 0 Å². The Balaban J connectivity index is 0.00000166. The minimum absolute atomic E-state index is 0.353. The number of thiophene rings is 1. The van der Waals surface area contributed by atoms with E-state index in [4.69, 9.17) is 0 Å². The third kappa shape index (κ3) is 5.69. The first kappa shape index (κ1) is 25.4. The molecule has 0 nitrogen and oxygen atoms in total. The van der Waals surface area contributed by atoms with Gasteiger partial charge < -0.3 is 0 Å². The van der Waals surface area contributed by atoms with E-state index < -0.39 is 0 Å². The summed E-state index contributed by atoms with van der Waals surface area (Å²) in [6.45, 7) is 24.0. The fraction of sp³-hybridized carbons (Fsp3) is 0.467. The van der Waals surface area contributed by atoms with E-state index >= 15 is 0 Å². The molecule has 0 fully saturated rings. The lowest BCUT2D eigenvalue weighted by Crippen LogP contribution is -2.11. The molecule has 0 radical (unpaired) electrons. The predicted molar refractivity (Wildman–Crippen MR) is 142 cm³/mol. The van der Waals surface area contributed by atoms with E-state index in [1.54, 1.807) is 10.4 Å². The van der Waals surface area contributed by atoms with Crippen LogP contribution in [0.1, 0.15) is 92.3 Å². The summed E-state index contributed by atoms with van der Waals surface area (Å²) in [5.41, 5.74) is 11.0. The third-order valence-corrected chi connectivity index (χ3v) is 7.36. The van der Waals surface area contributed by atoms with Crippen molar-refractivity contribution < 1.29 is 0 Å². The number of aryl methyl sites for hydroxylation is 3. The normalized spacial score (nSPS) is 14.7. The molecule has 31 heavy (non-hydrogen) atoms. The van der Waals surface area contributed by atoms with Crippen molar-refractivity contribution in [1.82, 2.24) is 0 Å². The molecule has 1 heterocycles. The molecule has 1 aromatic carbocycles. The first-order valence-corrected chi connectivity index (χ1v) is 12.9. The van der Waals surface area contributed by atoms with Crippen molar-refractivity contribution in [2.75, 3.05) is 0 Å². The van der Waals surface area contributed by atoms with Crippen LogP contribution in [0, 0.1) is 19.8 Å². The van der Waals surface area contributed by atoms with E-state index in [9.17, 15) is 0 Å². The van der Waals surface area contributed by atoms with Crippen LogP contribution in [0.25, 0.3) is 5.57 Å². The topological polar surface area (TPSA) is 0 Å². The van der Waals surface area contributed by atoms with Crippen molar-refractivity contribution in [2.45, 2.75) is 87.0 Å². The van der Waals surface area contributed by atoms with Gasteiger partial charge in [-0.3, -0.25) is 0 Å². The van der Waals surface area contributed by atoms with Crippen LogP contribution in [0.15, 0.2) is 54.1 Å². The second-order valence-electron chi connectivity index (χ2n) is 8.77. The first-order valence-electron chi connectivity index (χ1n) is 12.1. The average molecular weight is 435 g/mol. The zero-order chi connectivity index (χ0) is 23.1. The van der Waals surface area contributed by atoms with Crippen molar-refractivity contribution in [3.8, 4) is 0 Å². The van der Waals surface area contributed by atoms with Crippen molar-refractivity contribution in [1.29, 1.82) is 0 Å². The first-order chi connectivity index (χ1) is 14.8. The molecule has 1 heteroatoms. The molecule has 0 spiro atoms. The molecule has 1 aliphatic carbocycles. The van der Waals surface area contributed by atoms with Gasteiger partial charge in [0.05, 0.1) is 0 Å². The number of hydrogen-bond acceptors (Lipinski definition) is 1. The summed E-state index contributed by atoms with van der Waals surface area (Å²) in [5, 5.41) is 0. The lowest BCUT2D eigenvalue weighted by molar-refractivity contribution is 0.634. The summed E-state index contributed by atoms with van der Waals surface area (Å²) in [7, 11) is 0.